The van der Waals surface area contributed by atoms with E-state index in [1.165, 1.54) is 11.1 Å². The zero-order chi connectivity index (χ0) is 15.1. The number of rotatable bonds is 7. The van der Waals surface area contributed by atoms with Crippen LogP contribution < -0.4 is 10.1 Å². The van der Waals surface area contributed by atoms with Crippen molar-refractivity contribution in [3.63, 3.8) is 0 Å². The predicted octanol–water partition coefficient (Wildman–Crippen LogP) is 4.54. The van der Waals surface area contributed by atoms with Crippen molar-refractivity contribution in [2.24, 2.45) is 0 Å². The van der Waals surface area contributed by atoms with Crippen LogP contribution in [0.5, 0.6) is 5.75 Å². The Labute approximate surface area is 128 Å². The maximum Gasteiger partial charge on any atom is 0.136 e. The molecule has 0 bridgehead atoms. The topological polar surface area (TPSA) is 21.3 Å². The smallest absolute Gasteiger partial charge is 0.136 e. The van der Waals surface area contributed by atoms with Crippen LogP contribution in [0.4, 0.5) is 0 Å². The van der Waals surface area contributed by atoms with Gasteiger partial charge in [0.2, 0.25) is 0 Å². The molecular weight excluding hydrogens is 258 g/mol. The minimum atomic E-state index is 0.0357. The molecule has 0 fully saturated rings. The van der Waals surface area contributed by atoms with Gasteiger partial charge < -0.3 is 10.1 Å². The van der Waals surface area contributed by atoms with Gasteiger partial charge in [0.1, 0.15) is 11.9 Å². The van der Waals surface area contributed by atoms with E-state index in [0.29, 0.717) is 5.92 Å². The van der Waals surface area contributed by atoms with Crippen molar-refractivity contribution in [3.8, 4) is 5.75 Å². The summed E-state index contributed by atoms with van der Waals surface area (Å²) in [5.74, 6) is 1.45. The fourth-order valence-electron chi connectivity index (χ4n) is 2.28. The van der Waals surface area contributed by atoms with Crippen LogP contribution >= 0.6 is 0 Å². The van der Waals surface area contributed by atoms with Gasteiger partial charge in [-0.05, 0) is 35.7 Å². The molecule has 0 spiro atoms. The van der Waals surface area contributed by atoms with E-state index in [9.17, 15) is 0 Å². The fourth-order valence-corrected chi connectivity index (χ4v) is 2.28. The number of ether oxygens (including phenoxy) is 1. The highest BCUT2D eigenvalue weighted by Gasteiger charge is 2.13. The van der Waals surface area contributed by atoms with Crippen molar-refractivity contribution in [1.29, 1.82) is 0 Å². The molecule has 21 heavy (non-hydrogen) atoms. The first-order valence-electron chi connectivity index (χ1n) is 7.73. The summed E-state index contributed by atoms with van der Waals surface area (Å²) in [7, 11) is 0. The van der Waals surface area contributed by atoms with Gasteiger partial charge in [-0.2, -0.15) is 0 Å². The van der Waals surface area contributed by atoms with Crippen LogP contribution in [0.25, 0.3) is 0 Å². The first-order chi connectivity index (χ1) is 10.2. The number of nitrogens with one attached hydrogen (secondary N) is 1. The maximum atomic E-state index is 6.23. The molecule has 1 N–H and O–H groups in total. The van der Waals surface area contributed by atoms with E-state index >= 15 is 0 Å². The molecular formula is C19H25NO. The van der Waals surface area contributed by atoms with Crippen LogP contribution in [-0.4, -0.2) is 13.1 Å². The summed E-state index contributed by atoms with van der Waals surface area (Å²) in [6.45, 7) is 8.27. The molecule has 0 saturated heterocycles. The molecule has 0 amide bonds. The molecule has 0 heterocycles. The molecule has 0 aliphatic heterocycles. The highest BCUT2D eigenvalue weighted by molar-refractivity contribution is 5.31. The van der Waals surface area contributed by atoms with Crippen LogP contribution in [0.1, 0.15) is 43.9 Å². The zero-order valence-corrected chi connectivity index (χ0v) is 13.2. The Morgan fingerprint density at radius 2 is 1.67 bits per heavy atom. The molecule has 2 aromatic rings. The lowest BCUT2D eigenvalue weighted by molar-refractivity contribution is 0.202. The second-order valence-electron chi connectivity index (χ2n) is 5.55. The monoisotopic (exact) mass is 283 g/mol. The van der Waals surface area contributed by atoms with E-state index in [1.807, 2.05) is 12.1 Å². The Bertz CT molecular complexity index is 536. The van der Waals surface area contributed by atoms with E-state index < -0.39 is 0 Å². The Morgan fingerprint density at radius 1 is 0.952 bits per heavy atom. The highest BCUT2D eigenvalue weighted by atomic mass is 16.5. The van der Waals surface area contributed by atoms with Crippen molar-refractivity contribution in [2.45, 2.75) is 32.8 Å². The van der Waals surface area contributed by atoms with Crippen molar-refractivity contribution < 1.29 is 4.74 Å². The zero-order valence-electron chi connectivity index (χ0n) is 13.2. The van der Waals surface area contributed by atoms with E-state index in [0.717, 1.165) is 18.8 Å². The molecule has 0 aliphatic carbocycles. The van der Waals surface area contributed by atoms with E-state index in [-0.39, 0.29) is 6.10 Å². The molecule has 0 radical (unpaired) electrons. The number of likely N-dealkylation sites (N-methyl/N-ethyl adjacent to an activating group) is 1. The quantitative estimate of drug-likeness (QED) is 0.805. The second-order valence-corrected chi connectivity index (χ2v) is 5.55. The fraction of sp³-hybridized carbons (Fsp3) is 0.368. The normalized spacial score (nSPS) is 12.4. The third-order valence-electron chi connectivity index (χ3n) is 3.55. The average Bonchev–Trinajstić information content (AvgIpc) is 2.52. The van der Waals surface area contributed by atoms with Crippen LogP contribution in [0.15, 0.2) is 54.6 Å². The minimum Gasteiger partial charge on any atom is -0.484 e. The molecule has 2 rings (SSSR count). The van der Waals surface area contributed by atoms with Gasteiger partial charge >= 0.3 is 0 Å². The SMILES string of the molecule is CCNCC(Oc1cccc(C(C)C)c1)c1ccccc1. The van der Waals surface area contributed by atoms with Gasteiger partial charge in [0.15, 0.2) is 0 Å². The molecule has 0 aromatic heterocycles. The summed E-state index contributed by atoms with van der Waals surface area (Å²) in [6.07, 6.45) is 0.0357. The average molecular weight is 283 g/mol. The number of hydrogen-bond donors (Lipinski definition) is 1. The van der Waals surface area contributed by atoms with Crippen LogP contribution in [0, 0.1) is 0 Å². The lowest BCUT2D eigenvalue weighted by Gasteiger charge is -2.20. The van der Waals surface area contributed by atoms with Gasteiger partial charge in [0.25, 0.3) is 0 Å². The van der Waals surface area contributed by atoms with Crippen molar-refractivity contribution >= 4 is 0 Å². The third-order valence-corrected chi connectivity index (χ3v) is 3.55. The second kappa shape index (κ2) is 7.84. The molecule has 2 nitrogen and oxygen atoms in total. The number of benzene rings is 2. The lowest BCUT2D eigenvalue weighted by atomic mass is 10.0. The highest BCUT2D eigenvalue weighted by Crippen LogP contribution is 2.25. The summed E-state index contributed by atoms with van der Waals surface area (Å²) in [6, 6.07) is 18.8. The maximum absolute atomic E-state index is 6.23. The summed E-state index contributed by atoms with van der Waals surface area (Å²) >= 11 is 0. The first-order valence-corrected chi connectivity index (χ1v) is 7.73. The molecule has 0 saturated carbocycles. The summed E-state index contributed by atoms with van der Waals surface area (Å²) in [5.41, 5.74) is 2.51. The van der Waals surface area contributed by atoms with Crippen molar-refractivity contribution in [1.82, 2.24) is 5.32 Å². The molecule has 112 valence electrons. The predicted molar refractivity (Wildman–Crippen MR) is 88.9 cm³/mol. The third kappa shape index (κ3) is 4.61. The lowest BCUT2D eigenvalue weighted by Crippen LogP contribution is -2.24. The van der Waals surface area contributed by atoms with Crippen LogP contribution in [0.3, 0.4) is 0 Å². The Hall–Kier alpha value is -1.80. The Morgan fingerprint density at radius 3 is 2.33 bits per heavy atom. The van der Waals surface area contributed by atoms with E-state index in [1.54, 1.807) is 0 Å². The molecule has 1 unspecified atom stereocenters. The van der Waals surface area contributed by atoms with Crippen LogP contribution in [-0.2, 0) is 0 Å². The van der Waals surface area contributed by atoms with Gasteiger partial charge in [-0.15, -0.1) is 0 Å². The van der Waals surface area contributed by atoms with Gasteiger partial charge in [-0.3, -0.25) is 0 Å². The molecule has 0 aliphatic rings. The number of hydrogen-bond acceptors (Lipinski definition) is 2. The first kappa shape index (κ1) is 15.6. The van der Waals surface area contributed by atoms with Crippen molar-refractivity contribution in [2.75, 3.05) is 13.1 Å². The standard InChI is InChI=1S/C19H25NO/c1-4-20-14-19(16-9-6-5-7-10-16)21-18-12-8-11-17(13-18)15(2)3/h5-13,15,19-20H,4,14H2,1-3H3. The molecule has 1 atom stereocenters. The van der Waals surface area contributed by atoms with E-state index in [4.69, 9.17) is 4.74 Å². The molecule has 2 heteroatoms. The Balaban J connectivity index is 2.16. The molecule has 2 aromatic carbocycles. The van der Waals surface area contributed by atoms with Crippen molar-refractivity contribution in [3.05, 3.63) is 65.7 Å². The van der Waals surface area contributed by atoms with Gasteiger partial charge in [0, 0.05) is 6.54 Å². The largest absolute Gasteiger partial charge is 0.484 e. The van der Waals surface area contributed by atoms with Crippen LogP contribution in [0.2, 0.25) is 0 Å². The Kier molecular flexibility index (Phi) is 5.82. The summed E-state index contributed by atoms with van der Waals surface area (Å²) in [5, 5.41) is 3.38. The minimum absolute atomic E-state index is 0.0357. The van der Waals surface area contributed by atoms with Gasteiger partial charge in [-0.1, -0.05) is 63.2 Å². The summed E-state index contributed by atoms with van der Waals surface area (Å²) in [4.78, 5) is 0. The van der Waals surface area contributed by atoms with Gasteiger partial charge in [0.05, 0.1) is 0 Å². The van der Waals surface area contributed by atoms with E-state index in [2.05, 4.69) is 68.6 Å². The summed E-state index contributed by atoms with van der Waals surface area (Å²) < 4.78 is 6.23. The van der Waals surface area contributed by atoms with Gasteiger partial charge in [-0.25, -0.2) is 0 Å².